The number of aromatic nitrogens is 1. The van der Waals surface area contributed by atoms with Gasteiger partial charge in [-0.25, -0.2) is 0 Å². The Bertz CT molecular complexity index is 353. The number of aryl methyl sites for hydroxylation is 1. The van der Waals surface area contributed by atoms with E-state index in [1.54, 1.807) is 0 Å². The van der Waals surface area contributed by atoms with Gasteiger partial charge in [0.05, 0.1) is 0 Å². The first-order chi connectivity index (χ1) is 6.11. The Morgan fingerprint density at radius 1 is 1.54 bits per heavy atom. The van der Waals surface area contributed by atoms with Crippen LogP contribution in [0.25, 0.3) is 11.6 Å². The van der Waals surface area contributed by atoms with E-state index in [0.717, 1.165) is 0 Å². The molecule has 1 rings (SSSR count). The Kier molecular flexibility index (Phi) is 2.76. The highest BCUT2D eigenvalue weighted by Crippen LogP contribution is 2.22. The Morgan fingerprint density at radius 3 is 2.62 bits per heavy atom. The highest BCUT2D eigenvalue weighted by atomic mass is 14.9. The summed E-state index contributed by atoms with van der Waals surface area (Å²) in [6, 6.07) is 2.20. The summed E-state index contributed by atoms with van der Waals surface area (Å²) in [5.74, 6) is 0. The summed E-state index contributed by atoms with van der Waals surface area (Å²) in [5.41, 5.74) is 5.07. The molecule has 1 heteroatoms. The summed E-state index contributed by atoms with van der Waals surface area (Å²) < 4.78 is 2.16. The molecule has 0 spiro atoms. The zero-order valence-corrected chi connectivity index (χ0v) is 8.89. The molecule has 0 aliphatic heterocycles. The summed E-state index contributed by atoms with van der Waals surface area (Å²) in [6.07, 6.45) is 4.04. The van der Waals surface area contributed by atoms with Crippen molar-refractivity contribution in [2.75, 3.05) is 0 Å². The Balaban J connectivity index is 3.37. The van der Waals surface area contributed by atoms with Crippen LogP contribution in [0.3, 0.4) is 0 Å². The number of nitrogens with zero attached hydrogens (tertiary/aromatic N) is 1. The molecule has 0 fully saturated rings. The molecule has 70 valence electrons. The zero-order valence-electron chi connectivity index (χ0n) is 8.89. The van der Waals surface area contributed by atoms with Gasteiger partial charge in [0.25, 0.3) is 0 Å². The molecule has 1 aromatic heterocycles. The number of rotatable bonds is 2. The predicted molar refractivity (Wildman–Crippen MR) is 59.6 cm³/mol. The van der Waals surface area contributed by atoms with Crippen LogP contribution in [0.2, 0.25) is 0 Å². The van der Waals surface area contributed by atoms with E-state index in [1.807, 2.05) is 6.08 Å². The molecule has 1 aromatic rings. The normalized spacial score (nSPS) is 11.8. The SMILES string of the molecule is C=Cc1c(/C(C)=C\C)cc(C)n1C. The van der Waals surface area contributed by atoms with E-state index in [-0.39, 0.29) is 0 Å². The maximum absolute atomic E-state index is 3.83. The van der Waals surface area contributed by atoms with Crippen LogP contribution in [0.15, 0.2) is 18.7 Å². The molecule has 0 unspecified atom stereocenters. The van der Waals surface area contributed by atoms with Gasteiger partial charge in [0, 0.05) is 24.0 Å². The molecule has 0 atom stereocenters. The quantitative estimate of drug-likeness (QED) is 0.649. The fourth-order valence-corrected chi connectivity index (χ4v) is 1.47. The van der Waals surface area contributed by atoms with Gasteiger partial charge in [0.2, 0.25) is 0 Å². The van der Waals surface area contributed by atoms with Crippen LogP contribution >= 0.6 is 0 Å². The van der Waals surface area contributed by atoms with Crippen LogP contribution in [0, 0.1) is 6.92 Å². The summed E-state index contributed by atoms with van der Waals surface area (Å²) in [6.45, 7) is 10.1. The number of allylic oxidation sites excluding steroid dienone is 2. The molecule has 0 aliphatic rings. The third-order valence-electron chi connectivity index (χ3n) is 2.57. The van der Waals surface area contributed by atoms with Crippen LogP contribution in [-0.4, -0.2) is 4.57 Å². The lowest BCUT2D eigenvalue weighted by Gasteiger charge is -2.02. The second-order valence-corrected chi connectivity index (χ2v) is 3.32. The Morgan fingerprint density at radius 2 is 2.15 bits per heavy atom. The average molecular weight is 175 g/mol. The van der Waals surface area contributed by atoms with Crippen molar-refractivity contribution in [1.82, 2.24) is 4.57 Å². The summed E-state index contributed by atoms with van der Waals surface area (Å²) >= 11 is 0. The van der Waals surface area contributed by atoms with Crippen molar-refractivity contribution in [3.05, 3.63) is 35.7 Å². The Hall–Kier alpha value is -1.24. The van der Waals surface area contributed by atoms with Gasteiger partial charge in [-0.15, -0.1) is 0 Å². The first-order valence-electron chi connectivity index (χ1n) is 4.53. The van der Waals surface area contributed by atoms with Gasteiger partial charge in [-0.1, -0.05) is 12.7 Å². The molecule has 0 saturated carbocycles. The molecule has 0 bridgehead atoms. The molecule has 0 aromatic carbocycles. The van der Waals surface area contributed by atoms with Crippen molar-refractivity contribution in [3.8, 4) is 0 Å². The fourth-order valence-electron chi connectivity index (χ4n) is 1.47. The minimum absolute atomic E-state index is 1.20. The number of hydrogen-bond acceptors (Lipinski definition) is 0. The molecule has 0 radical (unpaired) electrons. The van der Waals surface area contributed by atoms with Gasteiger partial charge >= 0.3 is 0 Å². The van der Waals surface area contributed by atoms with Crippen molar-refractivity contribution < 1.29 is 0 Å². The second-order valence-electron chi connectivity index (χ2n) is 3.32. The predicted octanol–water partition coefficient (Wildman–Crippen LogP) is 3.40. The molecule has 0 aliphatic carbocycles. The van der Waals surface area contributed by atoms with Gasteiger partial charge in [0.15, 0.2) is 0 Å². The lowest BCUT2D eigenvalue weighted by molar-refractivity contribution is 0.871. The van der Waals surface area contributed by atoms with Gasteiger partial charge in [0.1, 0.15) is 0 Å². The van der Waals surface area contributed by atoms with Crippen LogP contribution in [0.1, 0.15) is 30.8 Å². The maximum Gasteiger partial charge on any atom is 0.0476 e. The highest BCUT2D eigenvalue weighted by molar-refractivity contribution is 5.72. The molecular formula is C12H17N. The monoisotopic (exact) mass is 175 g/mol. The van der Waals surface area contributed by atoms with Crippen molar-refractivity contribution in [2.24, 2.45) is 7.05 Å². The first kappa shape index (κ1) is 9.85. The molecule has 0 amide bonds. The second kappa shape index (κ2) is 3.65. The lowest BCUT2D eigenvalue weighted by atomic mass is 10.1. The van der Waals surface area contributed by atoms with Gasteiger partial charge in [-0.2, -0.15) is 0 Å². The molecule has 0 saturated heterocycles. The van der Waals surface area contributed by atoms with Crippen LogP contribution in [-0.2, 0) is 7.05 Å². The minimum Gasteiger partial charge on any atom is -0.348 e. The van der Waals surface area contributed by atoms with Crippen molar-refractivity contribution in [1.29, 1.82) is 0 Å². The van der Waals surface area contributed by atoms with Gasteiger partial charge in [-0.05, 0) is 38.5 Å². The summed E-state index contributed by atoms with van der Waals surface area (Å²) in [5, 5.41) is 0. The first-order valence-corrected chi connectivity index (χ1v) is 4.53. The molecule has 0 N–H and O–H groups in total. The van der Waals surface area contributed by atoms with Crippen LogP contribution in [0.4, 0.5) is 0 Å². The molecule has 13 heavy (non-hydrogen) atoms. The fraction of sp³-hybridized carbons (Fsp3) is 0.333. The highest BCUT2D eigenvalue weighted by Gasteiger charge is 2.07. The van der Waals surface area contributed by atoms with E-state index < -0.39 is 0 Å². The Labute approximate surface area is 80.4 Å². The van der Waals surface area contributed by atoms with E-state index in [0.29, 0.717) is 0 Å². The summed E-state index contributed by atoms with van der Waals surface area (Å²) in [7, 11) is 2.07. The summed E-state index contributed by atoms with van der Waals surface area (Å²) in [4.78, 5) is 0. The van der Waals surface area contributed by atoms with Crippen LogP contribution < -0.4 is 0 Å². The lowest BCUT2D eigenvalue weighted by Crippen LogP contribution is -1.93. The smallest absolute Gasteiger partial charge is 0.0476 e. The van der Waals surface area contributed by atoms with Gasteiger partial charge < -0.3 is 4.57 Å². The standard InChI is InChI=1S/C12H17N/c1-6-9(3)11-8-10(4)13(5)12(11)7-2/h6-8H,2H2,1,3-5H3/b9-6-. The van der Waals surface area contributed by atoms with E-state index in [1.165, 1.54) is 22.5 Å². The molecular weight excluding hydrogens is 158 g/mol. The third kappa shape index (κ3) is 1.59. The molecule has 1 nitrogen and oxygen atoms in total. The van der Waals surface area contributed by atoms with Crippen molar-refractivity contribution >= 4 is 11.6 Å². The van der Waals surface area contributed by atoms with E-state index in [9.17, 15) is 0 Å². The van der Waals surface area contributed by atoms with Crippen molar-refractivity contribution in [3.63, 3.8) is 0 Å². The van der Waals surface area contributed by atoms with Crippen molar-refractivity contribution in [2.45, 2.75) is 20.8 Å². The van der Waals surface area contributed by atoms with Crippen LogP contribution in [0.5, 0.6) is 0 Å². The average Bonchev–Trinajstić information content (AvgIpc) is 2.42. The largest absolute Gasteiger partial charge is 0.348 e. The topological polar surface area (TPSA) is 4.93 Å². The maximum atomic E-state index is 3.83. The van der Waals surface area contributed by atoms with E-state index >= 15 is 0 Å². The van der Waals surface area contributed by atoms with Gasteiger partial charge in [-0.3, -0.25) is 0 Å². The zero-order chi connectivity index (χ0) is 10.0. The number of hydrogen-bond donors (Lipinski definition) is 0. The third-order valence-corrected chi connectivity index (χ3v) is 2.57. The minimum atomic E-state index is 1.20. The molecule has 1 heterocycles. The van der Waals surface area contributed by atoms with E-state index in [4.69, 9.17) is 0 Å². The van der Waals surface area contributed by atoms with E-state index in [2.05, 4.69) is 51.1 Å².